The molecule has 2 rings (SSSR count). The Labute approximate surface area is 110 Å². The number of amides is 1. The summed E-state index contributed by atoms with van der Waals surface area (Å²) in [5, 5.41) is 3.11. The molecule has 18 heavy (non-hydrogen) atoms. The monoisotopic (exact) mass is 254 g/mol. The molecule has 1 aliphatic heterocycles. The van der Waals surface area contributed by atoms with Crippen LogP contribution in [0.3, 0.4) is 0 Å². The van der Waals surface area contributed by atoms with Crippen molar-refractivity contribution in [1.82, 2.24) is 5.32 Å². The van der Waals surface area contributed by atoms with Crippen LogP contribution in [0.25, 0.3) is 0 Å². The lowest BCUT2D eigenvalue weighted by atomic mass is 9.73. The zero-order valence-electron chi connectivity index (χ0n) is 11.2. The van der Waals surface area contributed by atoms with Crippen molar-refractivity contribution in [3.8, 4) is 0 Å². The summed E-state index contributed by atoms with van der Waals surface area (Å²) in [4.78, 5) is 12.4. The van der Waals surface area contributed by atoms with Gasteiger partial charge in [0.15, 0.2) is 0 Å². The number of ether oxygens (including phenoxy) is 1. The molecule has 0 spiro atoms. The number of hydrogen-bond donors (Lipinski definition) is 2. The van der Waals surface area contributed by atoms with E-state index in [1.165, 1.54) is 6.42 Å². The van der Waals surface area contributed by atoms with Gasteiger partial charge in [-0.25, -0.2) is 0 Å². The first kappa shape index (κ1) is 13.8. The summed E-state index contributed by atoms with van der Waals surface area (Å²) in [5.41, 5.74) is 5.58. The van der Waals surface area contributed by atoms with E-state index in [4.69, 9.17) is 10.5 Å². The molecule has 1 unspecified atom stereocenters. The molecular formula is C14H26N2O2. The van der Waals surface area contributed by atoms with Crippen LogP contribution in [-0.4, -0.2) is 32.2 Å². The van der Waals surface area contributed by atoms with E-state index in [0.717, 1.165) is 58.3 Å². The van der Waals surface area contributed by atoms with Gasteiger partial charge in [-0.1, -0.05) is 19.3 Å². The highest BCUT2D eigenvalue weighted by Gasteiger charge is 2.38. The molecule has 1 saturated heterocycles. The minimum atomic E-state index is -0.284. The third-order valence-corrected chi connectivity index (χ3v) is 4.49. The van der Waals surface area contributed by atoms with Crippen molar-refractivity contribution in [1.29, 1.82) is 0 Å². The van der Waals surface area contributed by atoms with Crippen LogP contribution in [0.1, 0.15) is 44.9 Å². The van der Waals surface area contributed by atoms with Crippen LogP contribution in [0.5, 0.6) is 0 Å². The predicted octanol–water partition coefficient (Wildman–Crippen LogP) is 1.44. The zero-order valence-corrected chi connectivity index (χ0v) is 11.2. The van der Waals surface area contributed by atoms with Crippen molar-refractivity contribution in [2.75, 3.05) is 26.3 Å². The summed E-state index contributed by atoms with van der Waals surface area (Å²) in [5.74, 6) is 0.663. The second kappa shape index (κ2) is 6.53. The Hall–Kier alpha value is -0.610. The fraction of sp³-hybridized carbons (Fsp3) is 0.929. The molecule has 0 radical (unpaired) electrons. The lowest BCUT2D eigenvalue weighted by Crippen LogP contribution is -2.48. The van der Waals surface area contributed by atoms with Crippen molar-refractivity contribution in [3.63, 3.8) is 0 Å². The van der Waals surface area contributed by atoms with E-state index in [-0.39, 0.29) is 11.3 Å². The fourth-order valence-corrected chi connectivity index (χ4v) is 3.15. The molecule has 0 aromatic carbocycles. The lowest BCUT2D eigenvalue weighted by Gasteiger charge is -2.35. The number of carbonyl (C=O) groups is 1. The first-order valence-corrected chi connectivity index (χ1v) is 7.33. The van der Waals surface area contributed by atoms with Crippen molar-refractivity contribution in [2.45, 2.75) is 44.9 Å². The number of rotatable bonds is 4. The molecule has 0 aromatic rings. The van der Waals surface area contributed by atoms with Gasteiger partial charge in [-0.3, -0.25) is 4.79 Å². The Morgan fingerprint density at radius 1 is 1.28 bits per heavy atom. The highest BCUT2D eigenvalue weighted by atomic mass is 16.5. The van der Waals surface area contributed by atoms with Crippen molar-refractivity contribution >= 4 is 5.91 Å². The average molecular weight is 254 g/mol. The first-order valence-electron chi connectivity index (χ1n) is 7.33. The Morgan fingerprint density at radius 3 is 2.67 bits per heavy atom. The second-order valence-corrected chi connectivity index (χ2v) is 5.84. The van der Waals surface area contributed by atoms with Gasteiger partial charge < -0.3 is 15.8 Å². The van der Waals surface area contributed by atoms with Gasteiger partial charge >= 0.3 is 0 Å². The minimum absolute atomic E-state index is 0.176. The number of nitrogens with two attached hydrogens (primary N) is 1. The van der Waals surface area contributed by atoms with E-state index in [1.54, 1.807) is 0 Å². The van der Waals surface area contributed by atoms with Crippen LogP contribution >= 0.6 is 0 Å². The summed E-state index contributed by atoms with van der Waals surface area (Å²) >= 11 is 0. The molecular weight excluding hydrogens is 228 g/mol. The molecule has 0 bridgehead atoms. The standard InChI is InChI=1S/C14H26N2O2/c15-11-14(6-2-1-3-7-14)13(17)16-9-12-5-4-8-18-10-12/h12H,1-11,15H2,(H,16,17). The summed E-state index contributed by atoms with van der Waals surface area (Å²) in [6, 6.07) is 0. The first-order chi connectivity index (χ1) is 8.77. The van der Waals surface area contributed by atoms with E-state index in [1.807, 2.05) is 0 Å². The molecule has 0 aromatic heterocycles. The summed E-state index contributed by atoms with van der Waals surface area (Å²) < 4.78 is 5.44. The smallest absolute Gasteiger partial charge is 0.227 e. The van der Waals surface area contributed by atoms with Gasteiger partial charge in [0.2, 0.25) is 5.91 Å². The zero-order chi connectivity index (χ0) is 12.8. The molecule has 4 nitrogen and oxygen atoms in total. The van der Waals surface area contributed by atoms with Crippen molar-refractivity contribution in [3.05, 3.63) is 0 Å². The largest absolute Gasteiger partial charge is 0.381 e. The van der Waals surface area contributed by atoms with Gasteiger partial charge in [0.1, 0.15) is 0 Å². The predicted molar refractivity (Wildman–Crippen MR) is 71.1 cm³/mol. The number of nitrogens with one attached hydrogen (secondary N) is 1. The highest BCUT2D eigenvalue weighted by molar-refractivity contribution is 5.83. The topological polar surface area (TPSA) is 64.4 Å². The van der Waals surface area contributed by atoms with Gasteiger partial charge in [0.25, 0.3) is 0 Å². The van der Waals surface area contributed by atoms with E-state index < -0.39 is 0 Å². The van der Waals surface area contributed by atoms with Crippen molar-refractivity contribution in [2.24, 2.45) is 17.1 Å². The SMILES string of the molecule is NCC1(C(=O)NCC2CCCOC2)CCCCC1. The number of carbonyl (C=O) groups excluding carboxylic acids is 1. The maximum atomic E-state index is 12.4. The molecule has 1 heterocycles. The normalized spacial score (nSPS) is 27.7. The van der Waals surface area contributed by atoms with Crippen LogP contribution in [0, 0.1) is 11.3 Å². The molecule has 104 valence electrons. The highest BCUT2D eigenvalue weighted by Crippen LogP contribution is 2.35. The fourth-order valence-electron chi connectivity index (χ4n) is 3.15. The van der Waals surface area contributed by atoms with Crippen LogP contribution in [0.4, 0.5) is 0 Å². The molecule has 1 saturated carbocycles. The molecule has 1 amide bonds. The molecule has 1 atom stereocenters. The molecule has 2 fully saturated rings. The third kappa shape index (κ3) is 3.23. The van der Waals surface area contributed by atoms with Gasteiger partial charge in [-0.05, 0) is 31.6 Å². The van der Waals surface area contributed by atoms with Crippen LogP contribution in [-0.2, 0) is 9.53 Å². The average Bonchev–Trinajstić information content (AvgIpc) is 2.46. The summed E-state index contributed by atoms with van der Waals surface area (Å²) in [6.07, 6.45) is 7.70. The maximum Gasteiger partial charge on any atom is 0.227 e. The molecule has 4 heteroatoms. The van der Waals surface area contributed by atoms with Gasteiger partial charge in [0.05, 0.1) is 12.0 Å². The Bertz CT molecular complexity index is 269. The van der Waals surface area contributed by atoms with Gasteiger partial charge in [-0.2, -0.15) is 0 Å². The van der Waals surface area contributed by atoms with E-state index in [2.05, 4.69) is 5.32 Å². The Morgan fingerprint density at radius 2 is 2.06 bits per heavy atom. The summed E-state index contributed by atoms with van der Waals surface area (Å²) in [7, 11) is 0. The summed E-state index contributed by atoms with van der Waals surface area (Å²) in [6.45, 7) is 2.90. The Balaban J connectivity index is 1.81. The maximum absolute atomic E-state index is 12.4. The van der Waals surface area contributed by atoms with E-state index >= 15 is 0 Å². The van der Waals surface area contributed by atoms with Crippen LogP contribution in [0.2, 0.25) is 0 Å². The van der Waals surface area contributed by atoms with Gasteiger partial charge in [0, 0.05) is 19.7 Å². The van der Waals surface area contributed by atoms with Crippen LogP contribution < -0.4 is 11.1 Å². The van der Waals surface area contributed by atoms with Crippen molar-refractivity contribution < 1.29 is 9.53 Å². The Kier molecular flexibility index (Phi) is 5.01. The van der Waals surface area contributed by atoms with E-state index in [9.17, 15) is 4.79 Å². The molecule has 1 aliphatic carbocycles. The quantitative estimate of drug-likeness (QED) is 0.798. The second-order valence-electron chi connectivity index (χ2n) is 5.84. The lowest BCUT2D eigenvalue weighted by molar-refractivity contribution is -0.132. The number of hydrogen-bond acceptors (Lipinski definition) is 3. The minimum Gasteiger partial charge on any atom is -0.381 e. The molecule has 3 N–H and O–H groups in total. The molecule has 2 aliphatic rings. The van der Waals surface area contributed by atoms with Gasteiger partial charge in [-0.15, -0.1) is 0 Å². The van der Waals surface area contributed by atoms with E-state index in [0.29, 0.717) is 12.5 Å². The third-order valence-electron chi connectivity index (χ3n) is 4.49. The van der Waals surface area contributed by atoms with Crippen LogP contribution in [0.15, 0.2) is 0 Å².